The van der Waals surface area contributed by atoms with E-state index >= 15 is 0 Å². The van der Waals surface area contributed by atoms with Gasteiger partial charge < -0.3 is 4.90 Å². The molecule has 2 rings (SSSR count). The summed E-state index contributed by atoms with van der Waals surface area (Å²) in [5, 5.41) is 0. The third kappa shape index (κ3) is 2.74. The van der Waals surface area contributed by atoms with Crippen LogP contribution in [-0.2, 0) is 9.84 Å². The first-order chi connectivity index (χ1) is 8.21. The van der Waals surface area contributed by atoms with E-state index in [4.69, 9.17) is 0 Å². The minimum absolute atomic E-state index is 0.334. The topological polar surface area (TPSA) is 37.4 Å². The Kier molecular flexibility index (Phi) is 3.81. The normalized spacial score (nSPS) is 35.4. The average Bonchev–Trinajstić information content (AvgIpc) is 2.15. The third-order valence-electron chi connectivity index (χ3n) is 4.85. The molecule has 1 aliphatic heterocycles. The Bertz CT molecular complexity index is 394. The first-order valence-electron chi connectivity index (χ1n) is 7.16. The molecule has 0 radical (unpaired) electrons. The van der Waals surface area contributed by atoms with Crippen LogP contribution in [-0.4, -0.2) is 43.5 Å². The van der Waals surface area contributed by atoms with Gasteiger partial charge in [-0.1, -0.05) is 13.8 Å². The van der Waals surface area contributed by atoms with Gasteiger partial charge in [0.05, 0.1) is 10.5 Å². The van der Waals surface area contributed by atoms with Gasteiger partial charge in [-0.2, -0.15) is 0 Å². The molecule has 2 fully saturated rings. The molecule has 0 aromatic heterocycles. The first-order valence-corrected chi connectivity index (χ1v) is 8.81. The Labute approximate surface area is 112 Å². The van der Waals surface area contributed by atoms with Crippen LogP contribution in [0.1, 0.15) is 40.5 Å². The number of sulfone groups is 1. The van der Waals surface area contributed by atoms with Crippen molar-refractivity contribution < 1.29 is 8.42 Å². The fourth-order valence-electron chi connectivity index (χ4n) is 3.24. The smallest absolute Gasteiger partial charge is 0.157 e. The van der Waals surface area contributed by atoms with Gasteiger partial charge >= 0.3 is 0 Å². The summed E-state index contributed by atoms with van der Waals surface area (Å²) in [5.41, 5.74) is 0. The lowest BCUT2D eigenvalue weighted by atomic mass is 9.69. The Hall–Kier alpha value is -0.0900. The summed E-state index contributed by atoms with van der Waals surface area (Å²) in [6, 6.07) is 0. The maximum Gasteiger partial charge on any atom is 0.157 e. The zero-order valence-electron chi connectivity index (χ0n) is 12.1. The van der Waals surface area contributed by atoms with Gasteiger partial charge in [-0.3, -0.25) is 0 Å². The van der Waals surface area contributed by atoms with Gasteiger partial charge in [0.1, 0.15) is 0 Å². The van der Waals surface area contributed by atoms with Crippen LogP contribution in [0, 0.1) is 17.8 Å². The molecule has 0 amide bonds. The molecule has 1 heterocycles. The van der Waals surface area contributed by atoms with Gasteiger partial charge in [0.2, 0.25) is 0 Å². The van der Waals surface area contributed by atoms with E-state index in [9.17, 15) is 8.42 Å². The Morgan fingerprint density at radius 1 is 1.28 bits per heavy atom. The van der Waals surface area contributed by atoms with Crippen molar-refractivity contribution in [1.82, 2.24) is 4.90 Å². The van der Waals surface area contributed by atoms with E-state index in [1.807, 2.05) is 13.8 Å². The van der Waals surface area contributed by atoms with Crippen molar-refractivity contribution in [1.29, 1.82) is 0 Å². The van der Waals surface area contributed by atoms with Crippen molar-refractivity contribution in [2.75, 3.05) is 25.4 Å². The lowest BCUT2D eigenvalue weighted by Gasteiger charge is -2.44. The largest absolute Gasteiger partial charge is 0.301 e. The zero-order chi connectivity index (χ0) is 13.6. The number of nitrogens with zero attached hydrogens (tertiary/aromatic N) is 1. The Balaban J connectivity index is 1.83. The van der Waals surface area contributed by atoms with E-state index in [1.165, 1.54) is 12.8 Å². The minimum atomic E-state index is -2.88. The van der Waals surface area contributed by atoms with Crippen molar-refractivity contribution in [3.05, 3.63) is 0 Å². The molecular weight excluding hydrogens is 246 g/mol. The molecule has 4 heteroatoms. The van der Waals surface area contributed by atoms with Crippen LogP contribution in [0.5, 0.6) is 0 Å². The molecule has 0 aromatic rings. The molecule has 18 heavy (non-hydrogen) atoms. The average molecular weight is 273 g/mol. The van der Waals surface area contributed by atoms with Crippen LogP contribution in [0.4, 0.5) is 0 Å². The van der Waals surface area contributed by atoms with Crippen LogP contribution in [0.3, 0.4) is 0 Å². The van der Waals surface area contributed by atoms with E-state index < -0.39 is 14.6 Å². The molecule has 0 N–H and O–H groups in total. The van der Waals surface area contributed by atoms with Crippen LogP contribution < -0.4 is 0 Å². The number of hydrogen-bond donors (Lipinski definition) is 0. The highest BCUT2D eigenvalue weighted by atomic mass is 32.2. The van der Waals surface area contributed by atoms with Crippen LogP contribution >= 0.6 is 0 Å². The van der Waals surface area contributed by atoms with E-state index in [1.54, 1.807) is 0 Å². The summed E-state index contributed by atoms with van der Waals surface area (Å²) in [7, 11) is -2.88. The number of rotatable bonds is 3. The van der Waals surface area contributed by atoms with Crippen LogP contribution in [0.25, 0.3) is 0 Å². The quantitative estimate of drug-likeness (QED) is 0.791. The molecular formula is C14H27NO2S. The SMILES string of the molecule is CC(C)C1CC(CN2CCS(=O)(=O)C(C)(C)C2)C1. The molecule has 0 spiro atoms. The van der Waals surface area contributed by atoms with E-state index in [-0.39, 0.29) is 0 Å². The van der Waals surface area contributed by atoms with Gasteiger partial charge in [-0.05, 0) is 44.4 Å². The predicted octanol–water partition coefficient (Wildman–Crippen LogP) is 2.18. The second-order valence-corrected chi connectivity index (χ2v) is 9.90. The van der Waals surface area contributed by atoms with Crippen LogP contribution in [0.2, 0.25) is 0 Å². The molecule has 0 unspecified atom stereocenters. The van der Waals surface area contributed by atoms with Gasteiger partial charge in [-0.15, -0.1) is 0 Å². The van der Waals surface area contributed by atoms with E-state index in [0.29, 0.717) is 12.3 Å². The fourth-order valence-corrected chi connectivity index (χ4v) is 4.67. The maximum atomic E-state index is 11.9. The summed E-state index contributed by atoms with van der Waals surface area (Å²) in [6.07, 6.45) is 2.67. The van der Waals surface area contributed by atoms with Crippen molar-refractivity contribution in [2.24, 2.45) is 17.8 Å². The summed E-state index contributed by atoms with van der Waals surface area (Å²) >= 11 is 0. The summed E-state index contributed by atoms with van der Waals surface area (Å²) in [4.78, 5) is 2.36. The monoisotopic (exact) mass is 273 g/mol. The molecule has 0 atom stereocenters. The highest BCUT2D eigenvalue weighted by Gasteiger charge is 2.41. The van der Waals surface area contributed by atoms with Gasteiger partial charge in [0.25, 0.3) is 0 Å². The molecule has 2 aliphatic rings. The van der Waals surface area contributed by atoms with Crippen LogP contribution in [0.15, 0.2) is 0 Å². The van der Waals surface area contributed by atoms with Gasteiger partial charge in [0, 0.05) is 19.6 Å². The molecule has 1 aliphatic carbocycles. The first kappa shape index (κ1) is 14.3. The van der Waals surface area contributed by atoms with Gasteiger partial charge in [0.15, 0.2) is 9.84 Å². The highest BCUT2D eigenvalue weighted by molar-refractivity contribution is 7.92. The third-order valence-corrected chi connectivity index (χ3v) is 7.39. The molecule has 3 nitrogen and oxygen atoms in total. The maximum absolute atomic E-state index is 11.9. The summed E-state index contributed by atoms with van der Waals surface area (Å²) in [5.74, 6) is 2.84. The molecule has 1 saturated carbocycles. The van der Waals surface area contributed by atoms with E-state index in [2.05, 4.69) is 18.7 Å². The fraction of sp³-hybridized carbons (Fsp3) is 1.00. The lowest BCUT2D eigenvalue weighted by Crippen LogP contribution is -2.54. The zero-order valence-corrected chi connectivity index (χ0v) is 13.0. The predicted molar refractivity (Wildman–Crippen MR) is 75.4 cm³/mol. The number of hydrogen-bond acceptors (Lipinski definition) is 3. The molecule has 1 saturated heterocycles. The van der Waals surface area contributed by atoms with Gasteiger partial charge in [-0.25, -0.2) is 8.42 Å². The summed E-state index contributed by atoms with van der Waals surface area (Å²) in [6.45, 7) is 10.9. The van der Waals surface area contributed by atoms with Crippen molar-refractivity contribution in [2.45, 2.75) is 45.3 Å². The highest BCUT2D eigenvalue weighted by Crippen LogP contribution is 2.39. The van der Waals surface area contributed by atoms with Crippen molar-refractivity contribution in [3.63, 3.8) is 0 Å². The molecule has 0 bridgehead atoms. The lowest BCUT2D eigenvalue weighted by molar-refractivity contribution is 0.0916. The van der Waals surface area contributed by atoms with Crippen molar-refractivity contribution in [3.8, 4) is 0 Å². The summed E-state index contributed by atoms with van der Waals surface area (Å²) < 4.78 is 23.3. The minimum Gasteiger partial charge on any atom is -0.301 e. The van der Waals surface area contributed by atoms with Crippen molar-refractivity contribution >= 4 is 9.84 Å². The van der Waals surface area contributed by atoms with E-state index in [0.717, 1.165) is 30.8 Å². The Morgan fingerprint density at radius 3 is 2.39 bits per heavy atom. The standard InChI is InChI=1S/C14H27NO2S/c1-11(2)13-7-12(8-13)9-15-5-6-18(16,17)14(3,4)10-15/h11-13H,5-10H2,1-4H3. The molecule has 106 valence electrons. The Morgan fingerprint density at radius 2 is 1.89 bits per heavy atom. The molecule has 0 aromatic carbocycles. The second-order valence-electron chi connectivity index (χ2n) is 7.16. The second kappa shape index (κ2) is 4.78.